The molecule has 2 rings (SSSR count). The molecule has 0 bridgehead atoms. The maximum Gasteiger partial charge on any atom is 0.282 e. The van der Waals surface area contributed by atoms with Gasteiger partial charge in [-0.1, -0.05) is 0 Å². The minimum absolute atomic E-state index is 0.131. The van der Waals surface area contributed by atoms with Crippen LogP contribution < -0.4 is 20.3 Å². The van der Waals surface area contributed by atoms with E-state index in [1.807, 2.05) is 34.7 Å². The summed E-state index contributed by atoms with van der Waals surface area (Å²) >= 11 is 0. The van der Waals surface area contributed by atoms with Gasteiger partial charge in [0.2, 0.25) is 0 Å². The van der Waals surface area contributed by atoms with Crippen molar-refractivity contribution in [2.45, 2.75) is 33.7 Å². The van der Waals surface area contributed by atoms with E-state index in [2.05, 4.69) is 15.7 Å². The molecule has 2 amide bonds. The third-order valence-electron chi connectivity index (χ3n) is 4.98. The van der Waals surface area contributed by atoms with Gasteiger partial charge in [-0.25, -0.2) is 0 Å². The first kappa shape index (κ1) is 21.4. The van der Waals surface area contributed by atoms with Crippen molar-refractivity contribution in [3.63, 3.8) is 0 Å². The van der Waals surface area contributed by atoms with Crippen LogP contribution >= 0.6 is 0 Å². The fraction of sp³-hybridized carbons (Fsp3) is 0.450. The van der Waals surface area contributed by atoms with Crippen LogP contribution in [0.15, 0.2) is 24.3 Å². The number of carbonyl (C=O) groups is 2. The number of amides is 2. The quantitative estimate of drug-likeness (QED) is 0.627. The molecule has 0 radical (unpaired) electrons. The van der Waals surface area contributed by atoms with Gasteiger partial charge in [0.1, 0.15) is 5.75 Å². The summed E-state index contributed by atoms with van der Waals surface area (Å²) in [5, 5.41) is 10.1. The van der Waals surface area contributed by atoms with Gasteiger partial charge in [-0.15, -0.1) is 0 Å². The van der Waals surface area contributed by atoms with Crippen molar-refractivity contribution in [2.24, 2.45) is 7.05 Å². The van der Waals surface area contributed by atoms with Crippen LogP contribution in [0, 0.1) is 13.8 Å². The maximum atomic E-state index is 12.7. The number of carbonyl (C=O) groups excluding carboxylic acids is 2. The number of hydrogen-bond acceptors (Lipinski definition) is 4. The predicted octanol–water partition coefficient (Wildman–Crippen LogP) is 0.916. The lowest BCUT2D eigenvalue weighted by Gasteiger charge is -2.23. The first-order valence-corrected chi connectivity index (χ1v) is 9.36. The number of anilines is 2. The third kappa shape index (κ3) is 5.10. The zero-order chi connectivity index (χ0) is 20.8. The van der Waals surface area contributed by atoms with Crippen molar-refractivity contribution in [2.75, 3.05) is 30.8 Å². The molecule has 1 heterocycles. The number of quaternary nitrogens is 1. The standard InChI is InChI=1S/C20H29N5O3/c1-7-25(12-18(26)21-16-8-10-17(28-6)11-9-16)15(4)20(27)22-19-13(2)23-24(5)14(19)3/h8-11,15H,7,12H2,1-6H3,(H,21,26)(H,22,27)/p+1/t15-/m0/s1. The largest absolute Gasteiger partial charge is 0.497 e. The highest BCUT2D eigenvalue weighted by molar-refractivity contribution is 5.95. The smallest absolute Gasteiger partial charge is 0.282 e. The topological polar surface area (TPSA) is 89.7 Å². The highest BCUT2D eigenvalue weighted by atomic mass is 16.5. The first-order chi connectivity index (χ1) is 13.3. The number of rotatable bonds is 8. The Morgan fingerprint density at radius 3 is 2.36 bits per heavy atom. The van der Waals surface area contributed by atoms with Crippen molar-refractivity contribution in [3.05, 3.63) is 35.7 Å². The van der Waals surface area contributed by atoms with E-state index < -0.39 is 0 Å². The van der Waals surface area contributed by atoms with Crippen LogP contribution in [0.5, 0.6) is 5.75 Å². The normalized spacial score (nSPS) is 12.9. The van der Waals surface area contributed by atoms with Gasteiger partial charge in [-0.05, 0) is 52.0 Å². The summed E-state index contributed by atoms with van der Waals surface area (Å²) < 4.78 is 6.85. The minimum Gasteiger partial charge on any atom is -0.497 e. The number of hydrogen-bond donors (Lipinski definition) is 3. The molecule has 0 saturated heterocycles. The summed E-state index contributed by atoms with van der Waals surface area (Å²) in [5.41, 5.74) is 3.10. The molecule has 152 valence electrons. The Hall–Kier alpha value is -2.87. The van der Waals surface area contributed by atoms with Gasteiger partial charge in [-0.2, -0.15) is 5.10 Å². The Morgan fingerprint density at radius 1 is 1.21 bits per heavy atom. The molecule has 0 saturated carbocycles. The Kier molecular flexibility index (Phi) is 7.17. The van der Waals surface area contributed by atoms with Crippen molar-refractivity contribution >= 4 is 23.2 Å². The van der Waals surface area contributed by atoms with Gasteiger partial charge in [0, 0.05) is 12.7 Å². The molecular formula is C20H30N5O3+. The van der Waals surface area contributed by atoms with E-state index in [4.69, 9.17) is 4.74 Å². The lowest BCUT2D eigenvalue weighted by molar-refractivity contribution is -0.904. The summed E-state index contributed by atoms with van der Waals surface area (Å²) in [6.45, 7) is 8.40. The average molecular weight is 388 g/mol. The molecule has 0 fully saturated rings. The second-order valence-electron chi connectivity index (χ2n) is 6.85. The first-order valence-electron chi connectivity index (χ1n) is 9.36. The van der Waals surface area contributed by atoms with Gasteiger partial charge in [0.15, 0.2) is 12.6 Å². The van der Waals surface area contributed by atoms with E-state index in [0.717, 1.165) is 27.7 Å². The van der Waals surface area contributed by atoms with Gasteiger partial charge in [0.05, 0.1) is 30.7 Å². The lowest BCUT2D eigenvalue weighted by Crippen LogP contribution is -3.17. The summed E-state index contributed by atoms with van der Waals surface area (Å²) in [5.74, 6) is 0.453. The Labute approximate surface area is 165 Å². The Bertz CT molecular complexity index is 829. The number of likely N-dealkylation sites (N-methyl/N-ethyl adjacent to an activating group) is 1. The molecular weight excluding hydrogens is 358 g/mol. The monoisotopic (exact) mass is 388 g/mol. The number of nitrogens with one attached hydrogen (secondary N) is 3. The molecule has 2 atom stereocenters. The Balaban J connectivity index is 1.98. The highest BCUT2D eigenvalue weighted by Gasteiger charge is 2.27. The van der Waals surface area contributed by atoms with Crippen molar-refractivity contribution in [1.29, 1.82) is 0 Å². The van der Waals surface area contributed by atoms with Crippen LogP contribution in [0.4, 0.5) is 11.4 Å². The van der Waals surface area contributed by atoms with Crippen LogP contribution in [0.2, 0.25) is 0 Å². The fourth-order valence-electron chi connectivity index (χ4n) is 3.04. The zero-order valence-corrected chi connectivity index (χ0v) is 17.4. The van der Waals surface area contributed by atoms with Crippen LogP contribution in [0.1, 0.15) is 25.2 Å². The minimum atomic E-state index is -0.384. The van der Waals surface area contributed by atoms with Crippen molar-refractivity contribution in [3.8, 4) is 5.75 Å². The van der Waals surface area contributed by atoms with E-state index in [0.29, 0.717) is 12.2 Å². The molecule has 0 aliphatic rings. The lowest BCUT2D eigenvalue weighted by atomic mass is 10.2. The molecule has 1 aromatic heterocycles. The van der Waals surface area contributed by atoms with E-state index in [1.54, 1.807) is 36.1 Å². The molecule has 1 aromatic carbocycles. The summed E-state index contributed by atoms with van der Waals surface area (Å²) in [6.07, 6.45) is 0. The van der Waals surface area contributed by atoms with Gasteiger partial charge in [0.25, 0.3) is 11.8 Å². The molecule has 0 aliphatic heterocycles. The van der Waals surface area contributed by atoms with Crippen molar-refractivity contribution in [1.82, 2.24) is 9.78 Å². The second-order valence-corrected chi connectivity index (χ2v) is 6.85. The molecule has 8 nitrogen and oxygen atoms in total. The Morgan fingerprint density at radius 2 is 1.86 bits per heavy atom. The molecule has 0 aliphatic carbocycles. The average Bonchev–Trinajstić information content (AvgIpc) is 2.92. The zero-order valence-electron chi connectivity index (χ0n) is 17.4. The van der Waals surface area contributed by atoms with Crippen molar-refractivity contribution < 1.29 is 19.2 Å². The van der Waals surface area contributed by atoms with E-state index in [9.17, 15) is 9.59 Å². The molecule has 8 heteroatoms. The summed E-state index contributed by atoms with van der Waals surface area (Å²) in [6, 6.07) is 6.76. The molecule has 2 aromatic rings. The van der Waals surface area contributed by atoms with E-state index >= 15 is 0 Å². The van der Waals surface area contributed by atoms with Crippen LogP contribution in [-0.4, -0.2) is 47.8 Å². The maximum absolute atomic E-state index is 12.7. The number of benzene rings is 1. The van der Waals surface area contributed by atoms with Crippen LogP contribution in [0.25, 0.3) is 0 Å². The van der Waals surface area contributed by atoms with Gasteiger partial charge < -0.3 is 20.3 Å². The number of aromatic nitrogens is 2. The number of ether oxygens (including phenoxy) is 1. The fourth-order valence-corrected chi connectivity index (χ4v) is 3.04. The molecule has 3 N–H and O–H groups in total. The van der Waals surface area contributed by atoms with Gasteiger partial charge >= 0.3 is 0 Å². The SMILES string of the molecule is CC[NH+](CC(=O)Nc1ccc(OC)cc1)[C@@H](C)C(=O)Nc1c(C)nn(C)c1C. The molecule has 1 unspecified atom stereocenters. The number of nitrogens with zero attached hydrogens (tertiary/aromatic N) is 2. The highest BCUT2D eigenvalue weighted by Crippen LogP contribution is 2.18. The van der Waals surface area contributed by atoms with E-state index in [1.165, 1.54) is 0 Å². The number of methoxy groups -OCH3 is 1. The predicted molar refractivity (Wildman–Crippen MR) is 109 cm³/mol. The summed E-state index contributed by atoms with van der Waals surface area (Å²) in [7, 11) is 3.44. The van der Waals surface area contributed by atoms with E-state index in [-0.39, 0.29) is 24.4 Å². The second kappa shape index (κ2) is 9.36. The summed E-state index contributed by atoms with van der Waals surface area (Å²) in [4.78, 5) is 26.0. The third-order valence-corrected chi connectivity index (χ3v) is 4.98. The molecule has 28 heavy (non-hydrogen) atoms. The van der Waals surface area contributed by atoms with Crippen LogP contribution in [-0.2, 0) is 16.6 Å². The molecule has 0 spiro atoms. The van der Waals surface area contributed by atoms with Gasteiger partial charge in [-0.3, -0.25) is 14.3 Å². The number of aryl methyl sites for hydroxylation is 2. The van der Waals surface area contributed by atoms with Crippen LogP contribution in [0.3, 0.4) is 0 Å².